The molecule has 3 heterocycles. The molecule has 5 rings (SSSR count). The highest BCUT2D eigenvalue weighted by atomic mass is 35.5. The van der Waals surface area contributed by atoms with E-state index >= 15 is 0 Å². The van der Waals surface area contributed by atoms with Gasteiger partial charge in [-0.3, -0.25) is 0 Å². The van der Waals surface area contributed by atoms with Crippen molar-refractivity contribution in [3.8, 4) is 0 Å². The third kappa shape index (κ3) is 3.13. The highest BCUT2D eigenvalue weighted by Gasteiger charge is 2.25. The molecule has 1 saturated heterocycles. The van der Waals surface area contributed by atoms with E-state index in [1.165, 1.54) is 15.3 Å². The average Bonchev–Trinajstić information content (AvgIpc) is 3.30. The van der Waals surface area contributed by atoms with Crippen molar-refractivity contribution in [3.05, 3.63) is 59.2 Å². The van der Waals surface area contributed by atoms with Crippen molar-refractivity contribution in [2.24, 2.45) is 0 Å². The molecular formula is C21H20ClN3O2S2. The van der Waals surface area contributed by atoms with Gasteiger partial charge >= 0.3 is 0 Å². The topological polar surface area (TPSA) is 54.3 Å². The Labute approximate surface area is 178 Å². The van der Waals surface area contributed by atoms with E-state index in [4.69, 9.17) is 11.6 Å². The number of halogens is 1. The Hall–Kier alpha value is -2.06. The highest BCUT2D eigenvalue weighted by molar-refractivity contribution is 7.92. The van der Waals surface area contributed by atoms with E-state index in [1.807, 2.05) is 37.3 Å². The van der Waals surface area contributed by atoms with Crippen molar-refractivity contribution in [1.29, 1.82) is 0 Å². The zero-order valence-corrected chi connectivity index (χ0v) is 18.2. The average molecular weight is 446 g/mol. The molecule has 5 nitrogen and oxygen atoms in total. The maximum absolute atomic E-state index is 13.5. The molecule has 29 heavy (non-hydrogen) atoms. The van der Waals surface area contributed by atoms with Gasteiger partial charge in [-0.25, -0.2) is 3.97 Å². The van der Waals surface area contributed by atoms with Crippen LogP contribution in [0.5, 0.6) is 0 Å². The van der Waals surface area contributed by atoms with E-state index in [2.05, 4.69) is 16.3 Å². The van der Waals surface area contributed by atoms with E-state index in [1.54, 1.807) is 12.3 Å². The summed E-state index contributed by atoms with van der Waals surface area (Å²) < 4.78 is 29.7. The first-order valence-corrected chi connectivity index (χ1v) is 12.1. The fourth-order valence-corrected chi connectivity index (χ4v) is 7.29. The van der Waals surface area contributed by atoms with Gasteiger partial charge in [-0.15, -0.1) is 11.3 Å². The number of nitrogens with one attached hydrogen (secondary N) is 1. The number of piperazine rings is 1. The minimum absolute atomic E-state index is 0.360. The number of anilines is 1. The zero-order valence-electron chi connectivity index (χ0n) is 15.9. The Balaban J connectivity index is 1.60. The second-order valence-corrected chi connectivity index (χ2v) is 10.8. The quantitative estimate of drug-likeness (QED) is 0.505. The van der Waals surface area contributed by atoms with Crippen LogP contribution in [0.3, 0.4) is 0 Å². The molecule has 1 aliphatic rings. The van der Waals surface area contributed by atoms with E-state index in [0.717, 1.165) is 52.9 Å². The van der Waals surface area contributed by atoms with Crippen LogP contribution in [0, 0.1) is 6.92 Å². The third-order valence-electron chi connectivity index (χ3n) is 5.47. The van der Waals surface area contributed by atoms with Crippen LogP contribution >= 0.6 is 22.9 Å². The van der Waals surface area contributed by atoms with Gasteiger partial charge < -0.3 is 10.2 Å². The molecular weight excluding hydrogens is 426 g/mol. The molecule has 0 bridgehead atoms. The Kier molecular flexibility index (Phi) is 4.58. The predicted octanol–water partition coefficient (Wildman–Crippen LogP) is 4.46. The SMILES string of the molecule is Cc1c(S(=O)(=O)n2ccc3cc(N4CCNCC4)ccc32)sc2ccc(Cl)cc12. The number of rotatable bonds is 3. The molecule has 8 heteroatoms. The van der Waals surface area contributed by atoms with Crippen LogP contribution in [0.25, 0.3) is 21.0 Å². The number of aryl methyl sites for hydroxylation is 1. The van der Waals surface area contributed by atoms with Crippen molar-refractivity contribution in [2.75, 3.05) is 31.1 Å². The lowest BCUT2D eigenvalue weighted by atomic mass is 10.2. The molecule has 0 spiro atoms. The largest absolute Gasteiger partial charge is 0.369 e. The summed E-state index contributed by atoms with van der Waals surface area (Å²) in [7, 11) is -3.70. The smallest absolute Gasteiger partial charge is 0.277 e. The van der Waals surface area contributed by atoms with Crippen molar-refractivity contribution in [1.82, 2.24) is 9.29 Å². The van der Waals surface area contributed by atoms with Crippen molar-refractivity contribution in [3.63, 3.8) is 0 Å². The third-order valence-corrected chi connectivity index (χ3v) is 9.26. The zero-order chi connectivity index (χ0) is 20.2. The highest BCUT2D eigenvalue weighted by Crippen LogP contribution is 2.37. The predicted molar refractivity (Wildman–Crippen MR) is 121 cm³/mol. The van der Waals surface area contributed by atoms with Crippen molar-refractivity contribution >= 4 is 59.6 Å². The van der Waals surface area contributed by atoms with Crippen LogP contribution in [0.2, 0.25) is 5.02 Å². The van der Waals surface area contributed by atoms with Gasteiger partial charge in [0.15, 0.2) is 0 Å². The molecule has 1 N–H and O–H groups in total. The molecule has 0 unspecified atom stereocenters. The molecule has 0 aliphatic carbocycles. The number of fused-ring (bicyclic) bond motifs is 2. The molecule has 2 aromatic carbocycles. The molecule has 150 valence electrons. The lowest BCUT2D eigenvalue weighted by molar-refractivity contribution is 0.589. The van der Waals surface area contributed by atoms with E-state index in [9.17, 15) is 8.42 Å². The van der Waals surface area contributed by atoms with Gasteiger partial charge in [-0.1, -0.05) is 11.6 Å². The maximum atomic E-state index is 13.5. The van der Waals surface area contributed by atoms with Gasteiger partial charge in [0.2, 0.25) is 0 Å². The van der Waals surface area contributed by atoms with Crippen LogP contribution < -0.4 is 10.2 Å². The Bertz CT molecular complexity index is 1330. The van der Waals surface area contributed by atoms with Crippen LogP contribution in [-0.2, 0) is 10.0 Å². The van der Waals surface area contributed by atoms with Gasteiger partial charge in [0, 0.05) is 53.2 Å². The van der Waals surface area contributed by atoms with Crippen LogP contribution in [0.4, 0.5) is 5.69 Å². The van der Waals surface area contributed by atoms with Gasteiger partial charge in [0.25, 0.3) is 10.0 Å². The lowest BCUT2D eigenvalue weighted by Gasteiger charge is -2.29. The molecule has 0 saturated carbocycles. The fourth-order valence-electron chi connectivity index (χ4n) is 3.94. The first-order chi connectivity index (χ1) is 13.9. The first-order valence-electron chi connectivity index (χ1n) is 9.46. The van der Waals surface area contributed by atoms with Gasteiger partial charge in [0.1, 0.15) is 4.21 Å². The fraction of sp³-hybridized carbons (Fsp3) is 0.238. The van der Waals surface area contributed by atoms with Crippen molar-refractivity contribution < 1.29 is 8.42 Å². The van der Waals surface area contributed by atoms with Gasteiger partial charge in [-0.05, 0) is 60.3 Å². The summed E-state index contributed by atoms with van der Waals surface area (Å²) in [6.07, 6.45) is 1.65. The summed E-state index contributed by atoms with van der Waals surface area (Å²) in [6.45, 7) is 5.67. The summed E-state index contributed by atoms with van der Waals surface area (Å²) in [5, 5.41) is 5.77. The molecule has 2 aromatic heterocycles. The minimum atomic E-state index is -3.70. The monoisotopic (exact) mass is 445 g/mol. The number of nitrogens with zero attached hydrogens (tertiary/aromatic N) is 2. The second-order valence-electron chi connectivity index (χ2n) is 7.25. The Morgan fingerprint density at radius 2 is 1.86 bits per heavy atom. The summed E-state index contributed by atoms with van der Waals surface area (Å²) >= 11 is 7.40. The first kappa shape index (κ1) is 18.9. The number of hydrogen-bond donors (Lipinski definition) is 1. The van der Waals surface area contributed by atoms with Crippen molar-refractivity contribution in [2.45, 2.75) is 11.1 Å². The molecule has 1 aliphatic heterocycles. The summed E-state index contributed by atoms with van der Waals surface area (Å²) in [6, 6.07) is 13.4. The standard InChI is InChI=1S/C21H20ClN3O2S2/c1-14-18-13-16(22)2-5-20(18)28-21(14)29(26,27)25-9-6-15-12-17(3-4-19(15)25)24-10-7-23-8-11-24/h2-6,9,12-13,23H,7-8,10-11H2,1H3. The number of aromatic nitrogens is 1. The summed E-state index contributed by atoms with van der Waals surface area (Å²) in [5.74, 6) is 0. The molecule has 4 aromatic rings. The van der Waals surface area contributed by atoms with Crippen LogP contribution in [-0.4, -0.2) is 38.6 Å². The molecule has 0 amide bonds. The molecule has 0 atom stereocenters. The number of hydrogen-bond acceptors (Lipinski definition) is 5. The summed E-state index contributed by atoms with van der Waals surface area (Å²) in [4.78, 5) is 2.32. The van der Waals surface area contributed by atoms with Gasteiger partial charge in [-0.2, -0.15) is 8.42 Å². The maximum Gasteiger partial charge on any atom is 0.277 e. The summed E-state index contributed by atoms with van der Waals surface area (Å²) in [5.41, 5.74) is 2.56. The minimum Gasteiger partial charge on any atom is -0.369 e. The van der Waals surface area contributed by atoms with E-state index in [-0.39, 0.29) is 0 Å². The van der Waals surface area contributed by atoms with E-state index < -0.39 is 10.0 Å². The Morgan fingerprint density at radius 3 is 2.66 bits per heavy atom. The van der Waals surface area contributed by atoms with E-state index in [0.29, 0.717) is 14.7 Å². The van der Waals surface area contributed by atoms with Gasteiger partial charge in [0.05, 0.1) is 5.52 Å². The molecule has 1 fully saturated rings. The normalized spacial score (nSPS) is 15.4. The Morgan fingerprint density at radius 1 is 1.07 bits per heavy atom. The second kappa shape index (κ2) is 7.02. The number of thiophene rings is 1. The van der Waals surface area contributed by atoms with Crippen LogP contribution in [0.15, 0.2) is 52.9 Å². The lowest BCUT2D eigenvalue weighted by Crippen LogP contribution is -2.43. The van der Waals surface area contributed by atoms with Crippen LogP contribution in [0.1, 0.15) is 5.56 Å². The molecule has 0 radical (unpaired) electrons. The number of benzene rings is 2.